The van der Waals surface area contributed by atoms with Crippen LogP contribution in [0.5, 0.6) is 0 Å². The predicted octanol–water partition coefficient (Wildman–Crippen LogP) is 23.6. The second-order valence-electron chi connectivity index (χ2n) is 22.7. The summed E-state index contributed by atoms with van der Waals surface area (Å²) in [4.78, 5) is 38.5. The van der Waals surface area contributed by atoms with E-state index in [0.717, 1.165) is 103 Å². The Morgan fingerprint density at radius 2 is 0.487 bits per heavy atom. The molecule has 6 nitrogen and oxygen atoms in total. The van der Waals surface area contributed by atoms with Crippen molar-refractivity contribution in [3.05, 3.63) is 97.2 Å². The lowest BCUT2D eigenvalue weighted by Gasteiger charge is -2.18. The van der Waals surface area contributed by atoms with Crippen molar-refractivity contribution < 1.29 is 28.6 Å². The molecule has 0 heterocycles. The molecule has 1 atom stereocenters. The van der Waals surface area contributed by atoms with E-state index >= 15 is 0 Å². The molecule has 0 bridgehead atoms. The Balaban J connectivity index is 4.41. The highest BCUT2D eigenvalue weighted by molar-refractivity contribution is 5.71. The van der Waals surface area contributed by atoms with Crippen LogP contribution in [0.1, 0.15) is 335 Å². The summed E-state index contributed by atoms with van der Waals surface area (Å²) < 4.78 is 17.0. The molecule has 0 saturated heterocycles. The average molecular weight is 1110 g/mol. The smallest absolute Gasteiger partial charge is 0.306 e. The van der Waals surface area contributed by atoms with Gasteiger partial charge in [-0.15, -0.1) is 0 Å². The van der Waals surface area contributed by atoms with Crippen molar-refractivity contribution in [2.75, 3.05) is 13.2 Å². The van der Waals surface area contributed by atoms with Crippen LogP contribution in [0.3, 0.4) is 0 Å². The number of hydrogen-bond acceptors (Lipinski definition) is 6. The van der Waals surface area contributed by atoms with E-state index in [4.69, 9.17) is 14.2 Å². The highest BCUT2D eigenvalue weighted by Crippen LogP contribution is 2.16. The summed E-state index contributed by atoms with van der Waals surface area (Å²) in [5.41, 5.74) is 0. The van der Waals surface area contributed by atoms with Gasteiger partial charge < -0.3 is 14.2 Å². The van der Waals surface area contributed by atoms with Crippen LogP contribution >= 0.6 is 0 Å². The maximum absolute atomic E-state index is 13.0. The van der Waals surface area contributed by atoms with Crippen molar-refractivity contribution in [1.29, 1.82) is 0 Å². The number of carbonyl (C=O) groups excluding carboxylic acids is 3. The number of ether oxygens (including phenoxy) is 3. The SMILES string of the molecule is CC/C=C\C/C=C\C/C=C\C/C=C\C/C=C\CCCCCCCCCC(=O)OCC(COC(=O)CCCCCCCCC/C=C\CCCCCCCCC)OC(=O)CCCCCCCCCCC/C=C\C/C=C\CCCCCCC. The molecule has 0 aromatic heterocycles. The molecule has 6 heteroatoms. The molecule has 0 aliphatic carbocycles. The third-order valence-electron chi connectivity index (χ3n) is 14.8. The number of carbonyl (C=O) groups is 3. The largest absolute Gasteiger partial charge is 0.462 e. The lowest BCUT2D eigenvalue weighted by molar-refractivity contribution is -0.167. The summed E-state index contributed by atoms with van der Waals surface area (Å²) in [5, 5.41) is 0. The van der Waals surface area contributed by atoms with Gasteiger partial charge in [0.15, 0.2) is 6.10 Å². The Morgan fingerprint density at radius 1 is 0.263 bits per heavy atom. The van der Waals surface area contributed by atoms with Crippen molar-refractivity contribution in [3.8, 4) is 0 Å². The van der Waals surface area contributed by atoms with Crippen molar-refractivity contribution in [2.24, 2.45) is 0 Å². The molecular weight excluding hydrogens is 985 g/mol. The highest BCUT2D eigenvalue weighted by atomic mass is 16.6. The molecule has 0 saturated carbocycles. The minimum atomic E-state index is -0.789. The average Bonchev–Trinajstić information content (AvgIpc) is 3.46. The first-order valence-corrected chi connectivity index (χ1v) is 34.2. The van der Waals surface area contributed by atoms with Crippen LogP contribution in [0.4, 0.5) is 0 Å². The van der Waals surface area contributed by atoms with Gasteiger partial charge in [0, 0.05) is 19.3 Å². The Labute approximate surface area is 496 Å². The summed E-state index contributed by atoms with van der Waals surface area (Å²) >= 11 is 0. The first-order valence-electron chi connectivity index (χ1n) is 34.2. The molecule has 0 aliphatic rings. The maximum atomic E-state index is 13.0. The van der Waals surface area contributed by atoms with Gasteiger partial charge in [0.1, 0.15) is 13.2 Å². The molecule has 0 rings (SSSR count). The van der Waals surface area contributed by atoms with Crippen LogP contribution in [-0.2, 0) is 28.6 Å². The summed E-state index contributed by atoms with van der Waals surface area (Å²) in [6, 6.07) is 0. The molecule has 0 spiro atoms. The summed E-state index contributed by atoms with van der Waals surface area (Å²) in [5.74, 6) is -0.889. The normalized spacial score (nSPS) is 12.7. The zero-order valence-corrected chi connectivity index (χ0v) is 52.8. The van der Waals surface area contributed by atoms with E-state index in [1.807, 2.05) is 0 Å². The summed E-state index contributed by atoms with van der Waals surface area (Å²) in [7, 11) is 0. The Morgan fingerprint density at radius 3 is 0.775 bits per heavy atom. The number of allylic oxidation sites excluding steroid dienone is 16. The topological polar surface area (TPSA) is 78.9 Å². The summed E-state index contributed by atoms with van der Waals surface area (Å²) in [6.45, 7) is 6.54. The van der Waals surface area contributed by atoms with Gasteiger partial charge in [-0.2, -0.15) is 0 Å². The van der Waals surface area contributed by atoms with E-state index in [1.54, 1.807) is 0 Å². The Hall–Kier alpha value is -3.67. The van der Waals surface area contributed by atoms with Gasteiger partial charge in [0.25, 0.3) is 0 Å². The fourth-order valence-corrected chi connectivity index (χ4v) is 9.67. The summed E-state index contributed by atoms with van der Waals surface area (Å²) in [6.07, 6.45) is 91.2. The monoisotopic (exact) mass is 1110 g/mol. The zero-order chi connectivity index (χ0) is 57.8. The number of unbranched alkanes of at least 4 members (excludes halogenated alkanes) is 35. The minimum Gasteiger partial charge on any atom is -0.462 e. The van der Waals surface area contributed by atoms with E-state index in [2.05, 4.69) is 118 Å². The van der Waals surface area contributed by atoms with Gasteiger partial charge in [-0.3, -0.25) is 14.4 Å². The number of hydrogen-bond donors (Lipinski definition) is 0. The van der Waals surface area contributed by atoms with Gasteiger partial charge in [-0.1, -0.05) is 291 Å². The second kappa shape index (κ2) is 67.8. The van der Waals surface area contributed by atoms with Crippen molar-refractivity contribution in [1.82, 2.24) is 0 Å². The molecule has 0 aliphatic heterocycles. The first kappa shape index (κ1) is 76.3. The number of rotatable bonds is 62. The molecule has 0 aromatic carbocycles. The maximum Gasteiger partial charge on any atom is 0.306 e. The van der Waals surface area contributed by atoms with E-state index in [9.17, 15) is 14.4 Å². The van der Waals surface area contributed by atoms with Crippen LogP contribution in [0, 0.1) is 0 Å². The molecule has 80 heavy (non-hydrogen) atoms. The standard InChI is InChI=1S/C74H128O6/c1-4-7-10-13-16-19-22-25-28-31-34-36-37-39-40-43-46-49-52-55-58-61-64-67-73(76)79-70-71(69-78-72(75)66-63-60-57-54-51-48-45-42-33-30-27-24-21-18-15-12-9-6-3)80-74(77)68-65-62-59-56-53-50-47-44-41-38-35-32-29-26-23-20-17-14-11-8-5-2/h7,10,16,19,23,25-26,28,30,32-36,39-40,71H,4-6,8-9,11-15,17-18,20-22,24,27,29,31,37-38,41-70H2,1-3H3/b10-7-,19-16-,26-23-,28-25-,33-30-,35-32-,36-34-,40-39-. The zero-order valence-electron chi connectivity index (χ0n) is 52.8. The van der Waals surface area contributed by atoms with Crippen molar-refractivity contribution in [2.45, 2.75) is 341 Å². The molecule has 460 valence electrons. The van der Waals surface area contributed by atoms with Gasteiger partial charge in [-0.25, -0.2) is 0 Å². The van der Waals surface area contributed by atoms with Crippen LogP contribution < -0.4 is 0 Å². The fourth-order valence-electron chi connectivity index (χ4n) is 9.67. The highest BCUT2D eigenvalue weighted by Gasteiger charge is 2.19. The van der Waals surface area contributed by atoms with Crippen molar-refractivity contribution in [3.63, 3.8) is 0 Å². The third kappa shape index (κ3) is 65.1. The van der Waals surface area contributed by atoms with Crippen LogP contribution in [0.2, 0.25) is 0 Å². The predicted molar refractivity (Wildman–Crippen MR) is 348 cm³/mol. The third-order valence-corrected chi connectivity index (χ3v) is 14.8. The minimum absolute atomic E-state index is 0.0840. The molecular formula is C74H128O6. The fraction of sp³-hybridized carbons (Fsp3) is 0.743. The molecule has 0 N–H and O–H groups in total. The quantitative estimate of drug-likeness (QED) is 0.0261. The Bertz CT molecular complexity index is 1560. The lowest BCUT2D eigenvalue weighted by Crippen LogP contribution is -2.30. The first-order chi connectivity index (χ1) is 39.5. The second-order valence-corrected chi connectivity index (χ2v) is 22.7. The van der Waals surface area contributed by atoms with Gasteiger partial charge in [0.05, 0.1) is 0 Å². The van der Waals surface area contributed by atoms with E-state index < -0.39 is 6.10 Å². The number of esters is 3. The van der Waals surface area contributed by atoms with Crippen LogP contribution in [0.15, 0.2) is 97.2 Å². The van der Waals surface area contributed by atoms with Gasteiger partial charge in [0.2, 0.25) is 0 Å². The molecule has 0 fully saturated rings. The molecule has 1 unspecified atom stereocenters. The molecule has 0 radical (unpaired) electrons. The Kier molecular flexibility index (Phi) is 64.7. The van der Waals surface area contributed by atoms with E-state index in [0.29, 0.717) is 19.3 Å². The lowest BCUT2D eigenvalue weighted by atomic mass is 10.1. The van der Waals surface area contributed by atoms with Gasteiger partial charge in [-0.05, 0) is 122 Å². The molecule has 0 amide bonds. The van der Waals surface area contributed by atoms with Gasteiger partial charge >= 0.3 is 17.9 Å². The van der Waals surface area contributed by atoms with E-state index in [-0.39, 0.29) is 31.1 Å². The van der Waals surface area contributed by atoms with E-state index in [1.165, 1.54) is 193 Å². The molecule has 0 aromatic rings. The van der Waals surface area contributed by atoms with Crippen LogP contribution in [-0.4, -0.2) is 37.2 Å². The van der Waals surface area contributed by atoms with Crippen LogP contribution in [0.25, 0.3) is 0 Å². The van der Waals surface area contributed by atoms with Crippen molar-refractivity contribution >= 4 is 17.9 Å².